The number of benzene rings is 2. The summed E-state index contributed by atoms with van der Waals surface area (Å²) in [5.41, 5.74) is -1.09. The topological polar surface area (TPSA) is 110 Å². The van der Waals surface area contributed by atoms with Gasteiger partial charge in [-0.1, -0.05) is 11.6 Å². The van der Waals surface area contributed by atoms with Gasteiger partial charge in [-0.05, 0) is 43.2 Å². The molecular weight excluding hydrogens is 465 g/mol. The van der Waals surface area contributed by atoms with Crippen molar-refractivity contribution in [1.82, 2.24) is 0 Å². The lowest BCUT2D eigenvalue weighted by Crippen LogP contribution is -2.21. The van der Waals surface area contributed by atoms with Crippen molar-refractivity contribution in [3.63, 3.8) is 0 Å². The van der Waals surface area contributed by atoms with Crippen LogP contribution in [0.4, 0.5) is 13.2 Å². The highest BCUT2D eigenvalue weighted by atomic mass is 35.5. The molecule has 0 spiro atoms. The fourth-order valence-electron chi connectivity index (χ4n) is 3.13. The van der Waals surface area contributed by atoms with Gasteiger partial charge in [0.25, 0.3) is 0 Å². The van der Waals surface area contributed by atoms with Gasteiger partial charge >= 0.3 is 6.36 Å². The number of Topliss-reactive ketones (excluding diaryl/α,β-unsaturated/α-hetero) is 1. The van der Waals surface area contributed by atoms with Crippen LogP contribution in [0, 0.1) is 0 Å². The third kappa shape index (κ3) is 5.41. The maximum atomic E-state index is 12.8. The molecule has 1 aliphatic rings. The van der Waals surface area contributed by atoms with Crippen LogP contribution < -0.4 is 4.74 Å². The summed E-state index contributed by atoms with van der Waals surface area (Å²) in [5.74, 6) is -4.17. The number of sulfone groups is 1. The molecule has 1 saturated heterocycles. The molecule has 1 heterocycles. The number of ether oxygens (including phenoxy) is 2. The van der Waals surface area contributed by atoms with Crippen LogP contribution in [0.2, 0.25) is 5.02 Å². The molecule has 2 N–H and O–H groups in total. The molecule has 1 unspecified atom stereocenters. The van der Waals surface area contributed by atoms with Crippen LogP contribution in [-0.4, -0.2) is 43.5 Å². The van der Waals surface area contributed by atoms with Crippen LogP contribution in [0.5, 0.6) is 17.2 Å². The van der Waals surface area contributed by atoms with Crippen LogP contribution in [0.1, 0.15) is 28.8 Å². The maximum Gasteiger partial charge on any atom is 0.573 e. The van der Waals surface area contributed by atoms with Gasteiger partial charge in [-0.2, -0.15) is 0 Å². The van der Waals surface area contributed by atoms with Crippen LogP contribution in [-0.2, 0) is 20.3 Å². The summed E-state index contributed by atoms with van der Waals surface area (Å²) in [6.07, 6.45) is -5.26. The monoisotopic (exact) mass is 480 g/mol. The highest BCUT2D eigenvalue weighted by molar-refractivity contribution is 7.90. The Morgan fingerprint density at radius 1 is 1.23 bits per heavy atom. The number of ketones is 1. The second kappa shape index (κ2) is 8.56. The first-order valence-electron chi connectivity index (χ1n) is 8.86. The molecule has 0 amide bonds. The summed E-state index contributed by atoms with van der Waals surface area (Å²) in [4.78, 5) is 12.1. The van der Waals surface area contributed by atoms with E-state index in [4.69, 9.17) is 16.3 Å². The molecule has 0 bridgehead atoms. The third-order valence-corrected chi connectivity index (χ3v) is 6.41. The van der Waals surface area contributed by atoms with Crippen LogP contribution in [0.25, 0.3) is 0 Å². The van der Waals surface area contributed by atoms with Gasteiger partial charge in [0.05, 0.1) is 11.3 Å². The molecule has 0 radical (unpaired) electrons. The Labute approximate surface area is 179 Å². The lowest BCUT2D eigenvalue weighted by Gasteiger charge is -2.16. The Bertz CT molecular complexity index is 1110. The molecule has 31 heavy (non-hydrogen) atoms. The van der Waals surface area contributed by atoms with E-state index in [0.717, 1.165) is 12.1 Å². The molecule has 1 aliphatic heterocycles. The molecule has 0 aliphatic carbocycles. The van der Waals surface area contributed by atoms with Crippen molar-refractivity contribution < 1.29 is 46.1 Å². The lowest BCUT2D eigenvalue weighted by atomic mass is 10.0. The molecule has 7 nitrogen and oxygen atoms in total. The Morgan fingerprint density at radius 3 is 2.55 bits per heavy atom. The number of hydrogen-bond acceptors (Lipinski definition) is 7. The number of aromatic hydroxyl groups is 2. The zero-order valence-electron chi connectivity index (χ0n) is 15.6. The number of carbonyl (C=O) groups excluding carboxylic acids is 1. The second-order valence-corrected chi connectivity index (χ2v) is 9.16. The zero-order chi connectivity index (χ0) is 23.0. The van der Waals surface area contributed by atoms with Gasteiger partial charge in [-0.3, -0.25) is 4.79 Å². The van der Waals surface area contributed by atoms with Gasteiger partial charge in [0.15, 0.2) is 15.6 Å². The molecule has 0 saturated carbocycles. The molecular formula is C19H16ClF3O7S. The van der Waals surface area contributed by atoms with Gasteiger partial charge in [-0.25, -0.2) is 8.42 Å². The summed E-state index contributed by atoms with van der Waals surface area (Å²) >= 11 is 5.77. The minimum absolute atomic E-state index is 0.0102. The molecule has 12 heteroatoms. The van der Waals surface area contributed by atoms with E-state index in [2.05, 4.69) is 4.74 Å². The van der Waals surface area contributed by atoms with Gasteiger partial charge in [0.2, 0.25) is 0 Å². The number of phenols is 2. The predicted molar refractivity (Wildman–Crippen MR) is 102 cm³/mol. The second-order valence-electron chi connectivity index (χ2n) is 6.76. The molecule has 1 atom stereocenters. The average molecular weight is 481 g/mol. The van der Waals surface area contributed by atoms with Crippen molar-refractivity contribution in [1.29, 1.82) is 0 Å². The van der Waals surface area contributed by atoms with Crippen LogP contribution >= 0.6 is 11.6 Å². The van der Waals surface area contributed by atoms with E-state index in [1.807, 2.05) is 0 Å². The fourth-order valence-corrected chi connectivity index (χ4v) is 4.85. The number of rotatable bonds is 6. The Morgan fingerprint density at radius 2 is 1.94 bits per heavy atom. The highest BCUT2D eigenvalue weighted by Crippen LogP contribution is 2.37. The number of alkyl halides is 3. The number of hydrogen-bond donors (Lipinski definition) is 2. The van der Waals surface area contributed by atoms with Crippen molar-refractivity contribution >= 4 is 27.2 Å². The SMILES string of the molecule is O=C(c1cc(OC(F)(F)F)cc(CS(=O)(=O)c2cc(Cl)ccc2O)c1O)C1CCCO1. The molecule has 0 aromatic heterocycles. The van der Waals surface area contributed by atoms with E-state index in [9.17, 15) is 36.6 Å². The van der Waals surface area contributed by atoms with E-state index in [-0.39, 0.29) is 11.6 Å². The van der Waals surface area contributed by atoms with Gasteiger partial charge in [-0.15, -0.1) is 13.2 Å². The van der Waals surface area contributed by atoms with Gasteiger partial charge < -0.3 is 19.7 Å². The zero-order valence-corrected chi connectivity index (χ0v) is 17.2. The third-order valence-electron chi connectivity index (χ3n) is 4.49. The van der Waals surface area contributed by atoms with Crippen LogP contribution in [0.15, 0.2) is 35.2 Å². The predicted octanol–water partition coefficient (Wildman–Crippen LogP) is 3.99. The van der Waals surface area contributed by atoms with E-state index in [1.54, 1.807) is 0 Å². The number of halogens is 4. The summed E-state index contributed by atoms with van der Waals surface area (Å²) in [6.45, 7) is 0.269. The number of phenolic OH excluding ortho intramolecular Hbond substituents is 2. The standard InChI is InChI=1S/C19H16ClF3O7S/c20-11-3-4-14(24)16(7-11)31(27,28)9-10-6-12(30-19(21,22)23)8-13(17(10)25)18(26)15-2-1-5-29-15/h3-4,6-8,15,24-25H,1-2,5,9H2. The molecule has 2 aromatic rings. The van der Waals surface area contributed by atoms with Crippen molar-refractivity contribution in [3.8, 4) is 17.2 Å². The summed E-state index contributed by atoms with van der Waals surface area (Å²) < 4.78 is 72.8. The summed E-state index contributed by atoms with van der Waals surface area (Å²) in [5, 5.41) is 20.4. The molecule has 1 fully saturated rings. The van der Waals surface area contributed by atoms with Gasteiger partial charge in [0, 0.05) is 17.2 Å². The normalized spacial score (nSPS) is 17.0. The number of carbonyl (C=O) groups is 1. The van der Waals surface area contributed by atoms with Crippen molar-refractivity contribution in [3.05, 3.63) is 46.5 Å². The van der Waals surface area contributed by atoms with Crippen molar-refractivity contribution in [2.75, 3.05) is 6.61 Å². The molecule has 2 aromatic carbocycles. The lowest BCUT2D eigenvalue weighted by molar-refractivity contribution is -0.274. The average Bonchev–Trinajstić information content (AvgIpc) is 3.19. The summed E-state index contributed by atoms with van der Waals surface area (Å²) in [6, 6.07) is 4.57. The van der Waals surface area contributed by atoms with E-state index < -0.39 is 67.1 Å². The largest absolute Gasteiger partial charge is 0.573 e. The van der Waals surface area contributed by atoms with E-state index in [1.165, 1.54) is 6.07 Å². The highest BCUT2D eigenvalue weighted by Gasteiger charge is 2.34. The first kappa shape index (κ1) is 23.2. The van der Waals surface area contributed by atoms with Crippen molar-refractivity contribution in [2.45, 2.75) is 36.0 Å². The fraction of sp³-hybridized carbons (Fsp3) is 0.316. The first-order valence-corrected chi connectivity index (χ1v) is 10.9. The van der Waals surface area contributed by atoms with Crippen LogP contribution in [0.3, 0.4) is 0 Å². The quantitative estimate of drug-likeness (QED) is 0.601. The molecule has 3 rings (SSSR count). The maximum absolute atomic E-state index is 12.8. The van der Waals surface area contributed by atoms with Gasteiger partial charge in [0.1, 0.15) is 28.2 Å². The minimum atomic E-state index is -5.12. The Kier molecular flexibility index (Phi) is 6.40. The minimum Gasteiger partial charge on any atom is -0.507 e. The van der Waals surface area contributed by atoms with Crippen molar-refractivity contribution in [2.24, 2.45) is 0 Å². The first-order chi connectivity index (χ1) is 14.4. The Balaban J connectivity index is 2.07. The Hall–Kier alpha value is -2.50. The van der Waals surface area contributed by atoms with E-state index >= 15 is 0 Å². The summed E-state index contributed by atoms with van der Waals surface area (Å²) in [7, 11) is -4.38. The van der Waals surface area contributed by atoms with E-state index in [0.29, 0.717) is 25.0 Å². The molecule has 168 valence electrons. The smallest absolute Gasteiger partial charge is 0.507 e.